The van der Waals surface area contributed by atoms with Crippen LogP contribution in [0.25, 0.3) is 22.3 Å². The Kier molecular flexibility index (Phi) is 4.69. The number of aromatic hydroxyl groups is 1. The average molecular weight is 400 g/mol. The van der Waals surface area contributed by atoms with Gasteiger partial charge in [-0.15, -0.1) is 0 Å². The molecule has 10 nitrogen and oxygen atoms in total. The average Bonchev–Trinajstić information content (AvgIpc) is 2.65. The third-order valence-corrected chi connectivity index (χ3v) is 4.02. The molecule has 1 heterocycles. The van der Waals surface area contributed by atoms with Crippen molar-refractivity contribution >= 4 is 28.9 Å². The van der Waals surface area contributed by atoms with Gasteiger partial charge in [-0.1, -0.05) is 30.3 Å². The second kappa shape index (κ2) is 7.00. The summed E-state index contributed by atoms with van der Waals surface area (Å²) in [6.45, 7) is 0. The number of ether oxygens (including phenoxy) is 1. The van der Waals surface area contributed by atoms with E-state index in [9.17, 15) is 24.3 Å². The molecule has 10 heteroatoms. The summed E-state index contributed by atoms with van der Waals surface area (Å²) in [5.41, 5.74) is -4.04. The second-order valence-corrected chi connectivity index (χ2v) is 5.86. The van der Waals surface area contributed by atoms with Gasteiger partial charge in [-0.25, -0.2) is 14.4 Å². The molecule has 3 aromatic rings. The van der Waals surface area contributed by atoms with Gasteiger partial charge in [0, 0.05) is 23.8 Å². The summed E-state index contributed by atoms with van der Waals surface area (Å²) >= 11 is 0. The van der Waals surface area contributed by atoms with Crippen LogP contribution in [0.4, 0.5) is 0 Å². The van der Waals surface area contributed by atoms with Crippen LogP contribution in [0.15, 0.2) is 57.7 Å². The van der Waals surface area contributed by atoms with Crippen LogP contribution in [-0.2, 0) is 14.4 Å². The molecule has 148 valence electrons. The van der Waals surface area contributed by atoms with Gasteiger partial charge >= 0.3 is 23.5 Å². The summed E-state index contributed by atoms with van der Waals surface area (Å²) in [6.07, 6.45) is 0. The van der Waals surface area contributed by atoms with E-state index in [1.165, 1.54) is 0 Å². The van der Waals surface area contributed by atoms with Gasteiger partial charge in [0.05, 0.1) is 0 Å². The van der Waals surface area contributed by atoms with E-state index < -0.39 is 40.4 Å². The van der Waals surface area contributed by atoms with Crippen molar-refractivity contribution in [1.29, 1.82) is 0 Å². The molecule has 0 spiro atoms. The van der Waals surface area contributed by atoms with Gasteiger partial charge in [0.25, 0.3) is 0 Å². The fourth-order valence-corrected chi connectivity index (χ4v) is 2.63. The van der Waals surface area contributed by atoms with Crippen molar-refractivity contribution < 1.29 is 44.0 Å². The summed E-state index contributed by atoms with van der Waals surface area (Å²) in [6, 6.07) is 11.2. The molecule has 0 unspecified atom stereocenters. The van der Waals surface area contributed by atoms with Crippen molar-refractivity contribution in [2.75, 3.05) is 0 Å². The Balaban J connectivity index is 2.20. The van der Waals surface area contributed by atoms with Crippen LogP contribution in [0.2, 0.25) is 0 Å². The van der Waals surface area contributed by atoms with Gasteiger partial charge in [0.1, 0.15) is 28.2 Å². The van der Waals surface area contributed by atoms with E-state index in [1.54, 1.807) is 30.3 Å². The Hall–Kier alpha value is -4.34. The van der Waals surface area contributed by atoms with E-state index in [2.05, 4.69) is 0 Å². The van der Waals surface area contributed by atoms with E-state index >= 15 is 0 Å². The van der Waals surface area contributed by atoms with Gasteiger partial charge in [0.15, 0.2) is 5.43 Å². The maximum Gasteiger partial charge on any atom is 0.397 e. The molecule has 0 aliphatic rings. The van der Waals surface area contributed by atoms with Crippen molar-refractivity contribution in [2.24, 2.45) is 0 Å². The highest BCUT2D eigenvalue weighted by molar-refractivity contribution is 6.20. The van der Waals surface area contributed by atoms with Crippen molar-refractivity contribution in [2.45, 2.75) is 5.60 Å². The Morgan fingerprint density at radius 1 is 0.897 bits per heavy atom. The highest BCUT2D eigenvalue weighted by Gasteiger charge is 2.58. The number of carboxylic acids is 3. The summed E-state index contributed by atoms with van der Waals surface area (Å²) in [4.78, 5) is 46.4. The fourth-order valence-electron chi connectivity index (χ4n) is 2.63. The lowest BCUT2D eigenvalue weighted by Gasteiger charge is -2.21. The smallest absolute Gasteiger partial charge is 0.397 e. The number of carboxylic acid groups (broad SMARTS) is 3. The largest absolute Gasteiger partial charge is 0.507 e. The minimum atomic E-state index is -3.67. The quantitative estimate of drug-likeness (QED) is 0.445. The summed E-state index contributed by atoms with van der Waals surface area (Å²) in [7, 11) is 0. The molecule has 0 fully saturated rings. The zero-order chi connectivity index (χ0) is 21.3. The first-order valence-electron chi connectivity index (χ1n) is 7.92. The lowest BCUT2D eigenvalue weighted by Crippen LogP contribution is -2.58. The molecule has 3 rings (SSSR count). The summed E-state index contributed by atoms with van der Waals surface area (Å²) in [5.74, 6) is -8.12. The Labute approximate surface area is 160 Å². The van der Waals surface area contributed by atoms with Gasteiger partial charge in [-0.2, -0.15) is 0 Å². The lowest BCUT2D eigenvalue weighted by atomic mass is 10.0. The topological polar surface area (TPSA) is 172 Å². The number of aliphatic carboxylic acids is 3. The molecule has 0 amide bonds. The van der Waals surface area contributed by atoms with Crippen molar-refractivity contribution in [3.63, 3.8) is 0 Å². The fraction of sp³-hybridized carbons (Fsp3) is 0.0526. The van der Waals surface area contributed by atoms with E-state index in [0.717, 1.165) is 18.2 Å². The molecular formula is C19H12O10. The third-order valence-electron chi connectivity index (χ3n) is 4.02. The highest BCUT2D eigenvalue weighted by atomic mass is 16.6. The van der Waals surface area contributed by atoms with Crippen molar-refractivity contribution in [1.82, 2.24) is 0 Å². The van der Waals surface area contributed by atoms with Crippen LogP contribution < -0.4 is 10.2 Å². The maximum absolute atomic E-state index is 12.4. The first-order chi connectivity index (χ1) is 13.7. The van der Waals surface area contributed by atoms with Crippen LogP contribution in [0, 0.1) is 0 Å². The zero-order valence-corrected chi connectivity index (χ0v) is 14.4. The molecule has 1 aromatic heterocycles. The summed E-state index contributed by atoms with van der Waals surface area (Å²) < 4.78 is 10.3. The van der Waals surface area contributed by atoms with Crippen LogP contribution in [0.5, 0.6) is 11.5 Å². The van der Waals surface area contributed by atoms with Crippen LogP contribution in [0.3, 0.4) is 0 Å². The molecule has 0 aliphatic carbocycles. The number of phenols is 1. The van der Waals surface area contributed by atoms with E-state index in [0.29, 0.717) is 5.56 Å². The van der Waals surface area contributed by atoms with Crippen LogP contribution in [-0.4, -0.2) is 43.9 Å². The molecule has 0 atom stereocenters. The molecule has 0 bridgehead atoms. The Morgan fingerprint density at radius 3 is 2.03 bits per heavy atom. The second-order valence-electron chi connectivity index (χ2n) is 5.86. The molecule has 0 saturated heterocycles. The van der Waals surface area contributed by atoms with E-state index in [4.69, 9.17) is 24.5 Å². The molecule has 0 saturated carbocycles. The minimum Gasteiger partial charge on any atom is -0.507 e. The highest BCUT2D eigenvalue weighted by Crippen LogP contribution is 2.33. The lowest BCUT2D eigenvalue weighted by molar-refractivity contribution is -0.183. The minimum absolute atomic E-state index is 0.112. The number of fused-ring (bicyclic) bond motifs is 1. The number of phenolic OH excluding ortho intramolecular Hbond substituents is 1. The number of rotatable bonds is 6. The maximum atomic E-state index is 12.4. The first-order valence-corrected chi connectivity index (χ1v) is 7.92. The standard InChI is InChI=1S/C19H12O10/c20-11-6-10(29-19(16(22)23,17(24)25)18(26)27)7-14-15(11)12(21)8-13(28-14)9-4-2-1-3-5-9/h1-8,20H,(H,22,23)(H,24,25)(H,26,27). The monoisotopic (exact) mass is 400 g/mol. The van der Waals surface area contributed by atoms with Crippen molar-refractivity contribution in [3.8, 4) is 22.8 Å². The predicted octanol–water partition coefficient (Wildman–Crippen LogP) is 1.54. The number of hydrogen-bond donors (Lipinski definition) is 4. The normalized spacial score (nSPS) is 11.2. The van der Waals surface area contributed by atoms with Crippen molar-refractivity contribution in [3.05, 3.63) is 58.8 Å². The molecular weight excluding hydrogens is 388 g/mol. The first kappa shape index (κ1) is 19.4. The van der Waals surface area contributed by atoms with Crippen LogP contribution >= 0.6 is 0 Å². The molecule has 4 N–H and O–H groups in total. The predicted molar refractivity (Wildman–Crippen MR) is 95.9 cm³/mol. The molecule has 2 aromatic carbocycles. The van der Waals surface area contributed by atoms with E-state index in [-0.39, 0.29) is 16.7 Å². The van der Waals surface area contributed by atoms with Gasteiger partial charge < -0.3 is 29.6 Å². The Morgan fingerprint density at radius 2 is 1.48 bits per heavy atom. The molecule has 0 aliphatic heterocycles. The number of carbonyl (C=O) groups is 3. The number of benzene rings is 2. The SMILES string of the molecule is O=C(O)C(Oc1cc(O)c2c(=O)cc(-c3ccccc3)oc2c1)(C(=O)O)C(=O)O. The third kappa shape index (κ3) is 3.23. The zero-order valence-electron chi connectivity index (χ0n) is 14.4. The van der Waals surface area contributed by atoms with Gasteiger partial charge in [-0.3, -0.25) is 4.79 Å². The van der Waals surface area contributed by atoms with E-state index in [1.807, 2.05) is 0 Å². The number of hydrogen-bond acceptors (Lipinski definition) is 7. The molecule has 29 heavy (non-hydrogen) atoms. The van der Waals surface area contributed by atoms with Gasteiger partial charge in [-0.05, 0) is 0 Å². The van der Waals surface area contributed by atoms with Crippen LogP contribution in [0.1, 0.15) is 0 Å². The molecule has 0 radical (unpaired) electrons. The Bertz CT molecular complexity index is 1160. The summed E-state index contributed by atoms with van der Waals surface area (Å²) in [5, 5.41) is 37.2. The van der Waals surface area contributed by atoms with Gasteiger partial charge in [0.2, 0.25) is 0 Å².